The Labute approximate surface area is 143 Å². The maximum atomic E-state index is 11.9. The molecule has 0 spiro atoms. The molecule has 2 aromatic heterocycles. The summed E-state index contributed by atoms with van der Waals surface area (Å²) in [5.41, 5.74) is 2.84. The molecule has 0 bridgehead atoms. The zero-order chi connectivity index (χ0) is 16.9. The molecule has 1 amide bonds. The maximum Gasteiger partial charge on any atom is 0.277 e. The van der Waals surface area contributed by atoms with Crippen LogP contribution in [0.1, 0.15) is 17.1 Å². The third-order valence-electron chi connectivity index (χ3n) is 3.18. The van der Waals surface area contributed by atoms with Gasteiger partial charge in [-0.3, -0.25) is 9.48 Å². The number of hydrogen-bond donors (Lipinski definition) is 1. The lowest BCUT2D eigenvalue weighted by molar-refractivity contribution is -0.113. The van der Waals surface area contributed by atoms with Gasteiger partial charge in [0, 0.05) is 11.9 Å². The van der Waals surface area contributed by atoms with Crippen molar-refractivity contribution in [1.29, 1.82) is 0 Å². The topological polar surface area (TPSA) is 85.8 Å². The number of benzene rings is 1. The molecule has 0 atom stereocenters. The molecule has 0 fully saturated rings. The summed E-state index contributed by atoms with van der Waals surface area (Å²) < 4.78 is 7.24. The molecular weight excluding hydrogens is 326 g/mol. The van der Waals surface area contributed by atoms with E-state index in [2.05, 4.69) is 20.6 Å². The minimum atomic E-state index is -0.119. The number of nitrogens with one attached hydrogen (secondary N) is 1. The van der Waals surface area contributed by atoms with E-state index in [1.165, 1.54) is 11.8 Å². The summed E-state index contributed by atoms with van der Waals surface area (Å²) in [6.07, 6.45) is 1.85. The maximum absolute atomic E-state index is 11.9. The quantitative estimate of drug-likeness (QED) is 0.693. The molecule has 24 heavy (non-hydrogen) atoms. The number of amides is 1. The van der Waals surface area contributed by atoms with Gasteiger partial charge in [-0.15, -0.1) is 10.2 Å². The Morgan fingerprint density at radius 2 is 2.00 bits per heavy atom. The fraction of sp³-hybridized carbons (Fsp3) is 0.250. The average molecular weight is 343 g/mol. The van der Waals surface area contributed by atoms with Crippen LogP contribution in [0.15, 0.2) is 46.2 Å². The molecule has 0 aliphatic carbocycles. The van der Waals surface area contributed by atoms with Crippen molar-refractivity contribution in [2.75, 3.05) is 11.1 Å². The van der Waals surface area contributed by atoms with Gasteiger partial charge in [-0.05, 0) is 32.0 Å². The lowest BCUT2D eigenvalue weighted by Gasteiger charge is -2.04. The van der Waals surface area contributed by atoms with E-state index in [4.69, 9.17) is 4.42 Å². The highest BCUT2D eigenvalue weighted by Crippen LogP contribution is 2.17. The van der Waals surface area contributed by atoms with E-state index in [-0.39, 0.29) is 11.7 Å². The fourth-order valence-corrected chi connectivity index (χ4v) is 2.59. The molecule has 3 rings (SSSR count). The van der Waals surface area contributed by atoms with Crippen molar-refractivity contribution in [2.24, 2.45) is 0 Å². The zero-order valence-corrected chi connectivity index (χ0v) is 14.2. The van der Waals surface area contributed by atoms with Gasteiger partial charge in [0.25, 0.3) is 5.22 Å². The van der Waals surface area contributed by atoms with Gasteiger partial charge in [-0.2, -0.15) is 5.10 Å². The van der Waals surface area contributed by atoms with Crippen molar-refractivity contribution in [3.63, 3.8) is 0 Å². The third kappa shape index (κ3) is 4.45. The SMILES string of the molecule is Cc1ccc(NC(=O)CSc2nnc(Cn3ccc(C)n3)o2)cc1. The number of hydrogen-bond acceptors (Lipinski definition) is 6. The molecule has 8 heteroatoms. The smallest absolute Gasteiger partial charge is 0.277 e. The summed E-state index contributed by atoms with van der Waals surface area (Å²) in [4.78, 5) is 11.9. The monoisotopic (exact) mass is 343 g/mol. The molecule has 0 saturated heterocycles. The number of anilines is 1. The van der Waals surface area contributed by atoms with Crippen molar-refractivity contribution in [3.05, 3.63) is 53.7 Å². The lowest BCUT2D eigenvalue weighted by Crippen LogP contribution is -2.13. The van der Waals surface area contributed by atoms with Crippen LogP contribution in [0.2, 0.25) is 0 Å². The molecule has 3 aromatic rings. The van der Waals surface area contributed by atoms with Gasteiger partial charge < -0.3 is 9.73 Å². The van der Waals surface area contributed by atoms with Gasteiger partial charge in [0.15, 0.2) is 0 Å². The van der Waals surface area contributed by atoms with E-state index >= 15 is 0 Å². The van der Waals surface area contributed by atoms with E-state index < -0.39 is 0 Å². The largest absolute Gasteiger partial charge is 0.414 e. The Morgan fingerprint density at radius 3 is 2.71 bits per heavy atom. The molecule has 7 nitrogen and oxygen atoms in total. The average Bonchev–Trinajstić information content (AvgIpc) is 3.17. The first-order valence-corrected chi connectivity index (χ1v) is 8.39. The van der Waals surface area contributed by atoms with Crippen LogP contribution < -0.4 is 5.32 Å². The van der Waals surface area contributed by atoms with Crippen LogP contribution in [0.4, 0.5) is 5.69 Å². The number of carbonyl (C=O) groups excluding carboxylic acids is 1. The normalized spacial score (nSPS) is 10.8. The molecule has 0 radical (unpaired) electrons. The molecule has 0 aliphatic heterocycles. The Balaban J connectivity index is 1.49. The van der Waals surface area contributed by atoms with Gasteiger partial charge >= 0.3 is 0 Å². The van der Waals surface area contributed by atoms with E-state index in [9.17, 15) is 4.79 Å². The van der Waals surface area contributed by atoms with E-state index in [1.807, 2.05) is 50.4 Å². The summed E-state index contributed by atoms with van der Waals surface area (Å²) in [5.74, 6) is 0.543. The van der Waals surface area contributed by atoms with Crippen LogP contribution in [0.25, 0.3) is 0 Å². The van der Waals surface area contributed by atoms with Crippen molar-refractivity contribution in [1.82, 2.24) is 20.0 Å². The summed E-state index contributed by atoms with van der Waals surface area (Å²) >= 11 is 1.21. The second-order valence-electron chi connectivity index (χ2n) is 5.32. The molecule has 124 valence electrons. The van der Waals surface area contributed by atoms with Gasteiger partial charge in [-0.25, -0.2) is 0 Å². The van der Waals surface area contributed by atoms with Crippen molar-refractivity contribution >= 4 is 23.4 Å². The molecule has 0 aliphatic rings. The van der Waals surface area contributed by atoms with Crippen LogP contribution >= 0.6 is 11.8 Å². The molecule has 0 saturated carbocycles. The number of aromatic nitrogens is 4. The molecular formula is C16H17N5O2S. The van der Waals surface area contributed by atoms with Crippen molar-refractivity contribution in [2.45, 2.75) is 25.6 Å². The summed E-state index contributed by atoms with van der Waals surface area (Å²) in [7, 11) is 0. The van der Waals surface area contributed by atoms with Crippen molar-refractivity contribution in [3.8, 4) is 0 Å². The zero-order valence-electron chi connectivity index (χ0n) is 13.4. The number of nitrogens with zero attached hydrogens (tertiary/aromatic N) is 4. The molecule has 1 N–H and O–H groups in total. The highest BCUT2D eigenvalue weighted by molar-refractivity contribution is 7.99. The number of aryl methyl sites for hydroxylation is 2. The molecule has 0 unspecified atom stereocenters. The fourth-order valence-electron chi connectivity index (χ4n) is 2.01. The Morgan fingerprint density at radius 1 is 1.21 bits per heavy atom. The van der Waals surface area contributed by atoms with E-state index in [1.54, 1.807) is 4.68 Å². The van der Waals surface area contributed by atoms with Gasteiger partial charge in [0.2, 0.25) is 11.8 Å². The third-order valence-corrected chi connectivity index (χ3v) is 4.00. The minimum Gasteiger partial charge on any atom is -0.414 e. The van der Waals surface area contributed by atoms with Crippen LogP contribution in [-0.4, -0.2) is 31.6 Å². The first-order chi connectivity index (χ1) is 11.6. The summed E-state index contributed by atoms with van der Waals surface area (Å²) in [6.45, 7) is 4.33. The van der Waals surface area contributed by atoms with Crippen LogP contribution in [0.3, 0.4) is 0 Å². The molecule has 2 heterocycles. The minimum absolute atomic E-state index is 0.119. The first-order valence-electron chi connectivity index (χ1n) is 7.40. The standard InChI is InChI=1S/C16H17N5O2S/c1-11-3-5-13(6-4-11)17-14(22)10-24-16-19-18-15(23-16)9-21-8-7-12(2)20-21/h3-8H,9-10H2,1-2H3,(H,17,22). The van der Waals surface area contributed by atoms with Gasteiger partial charge in [0.05, 0.1) is 11.4 Å². The molecule has 1 aromatic carbocycles. The van der Waals surface area contributed by atoms with E-state index in [0.717, 1.165) is 16.9 Å². The van der Waals surface area contributed by atoms with Crippen LogP contribution in [-0.2, 0) is 11.3 Å². The first kappa shape index (κ1) is 16.3. The predicted octanol–water partition coefficient (Wildman–Crippen LogP) is 2.66. The summed E-state index contributed by atoms with van der Waals surface area (Å²) in [5, 5.41) is 15.4. The number of rotatable bonds is 6. The predicted molar refractivity (Wildman–Crippen MR) is 90.9 cm³/mol. The Bertz CT molecular complexity index is 825. The highest BCUT2D eigenvalue weighted by atomic mass is 32.2. The second kappa shape index (κ2) is 7.31. The van der Waals surface area contributed by atoms with Crippen molar-refractivity contribution < 1.29 is 9.21 Å². The van der Waals surface area contributed by atoms with Gasteiger partial charge in [-0.1, -0.05) is 29.5 Å². The van der Waals surface area contributed by atoms with Crippen LogP contribution in [0, 0.1) is 13.8 Å². The number of thioether (sulfide) groups is 1. The summed E-state index contributed by atoms with van der Waals surface area (Å²) in [6, 6.07) is 9.54. The van der Waals surface area contributed by atoms with Gasteiger partial charge in [0.1, 0.15) is 6.54 Å². The lowest BCUT2D eigenvalue weighted by atomic mass is 10.2. The highest BCUT2D eigenvalue weighted by Gasteiger charge is 2.10. The Kier molecular flexibility index (Phi) is 4.95. The van der Waals surface area contributed by atoms with E-state index in [0.29, 0.717) is 17.7 Å². The second-order valence-corrected chi connectivity index (χ2v) is 6.25. The van der Waals surface area contributed by atoms with Crippen LogP contribution in [0.5, 0.6) is 0 Å². The Hall–Kier alpha value is -2.61. The number of carbonyl (C=O) groups is 1.